The van der Waals surface area contributed by atoms with Gasteiger partial charge in [-0.3, -0.25) is 0 Å². The Bertz CT molecular complexity index is 1650. The van der Waals surface area contributed by atoms with Crippen molar-refractivity contribution in [2.75, 3.05) is 0 Å². The lowest BCUT2D eigenvalue weighted by molar-refractivity contribution is -1.92. The summed E-state index contributed by atoms with van der Waals surface area (Å²) in [4.78, 5) is 0. The molecule has 214 valence electrons. The fraction of sp³-hybridized carbons (Fsp3) is 0. The molecule has 43 heavy (non-hydrogen) atoms. The van der Waals surface area contributed by atoms with Gasteiger partial charge in [-0.2, -0.15) is 18.7 Å². The topological polar surface area (TPSA) is 133 Å². The van der Waals surface area contributed by atoms with Crippen molar-refractivity contribution in [1.29, 1.82) is 0 Å². The second-order valence-electron chi connectivity index (χ2n) is 9.27. The summed E-state index contributed by atoms with van der Waals surface area (Å²) in [5, 5.41) is 17.1. The van der Waals surface area contributed by atoms with Crippen molar-refractivity contribution in [1.82, 2.24) is 20.2 Å². The van der Waals surface area contributed by atoms with Gasteiger partial charge in [0.15, 0.2) is 13.1 Å². The Morgan fingerprint density at radius 2 is 0.977 bits per heavy atom. The molecular formula is C33H27ClN4O4P+. The molecule has 0 atom stereocenters. The minimum Gasteiger partial charge on any atom is -0.183 e. The van der Waals surface area contributed by atoms with E-state index in [1.165, 1.54) is 15.9 Å². The lowest BCUT2D eigenvalue weighted by Gasteiger charge is -2.29. The number of nitrogens with zero attached hydrogens (tertiary/aromatic N) is 4. The maximum absolute atomic E-state index is 8.60. The summed E-state index contributed by atoms with van der Waals surface area (Å²) in [6.45, 7) is 0. The van der Waals surface area contributed by atoms with E-state index in [0.717, 1.165) is 16.6 Å². The average Bonchev–Trinajstić information content (AvgIpc) is 3.53. The zero-order valence-electron chi connectivity index (χ0n) is 22.8. The van der Waals surface area contributed by atoms with E-state index in [0.29, 0.717) is 5.82 Å². The molecule has 6 rings (SSSR count). The van der Waals surface area contributed by atoms with Crippen molar-refractivity contribution in [3.8, 4) is 11.4 Å². The lowest BCUT2D eigenvalue weighted by atomic mass is 10.2. The van der Waals surface area contributed by atoms with Gasteiger partial charge in [-0.1, -0.05) is 115 Å². The second-order valence-corrected chi connectivity index (χ2v) is 13.4. The summed E-state index contributed by atoms with van der Waals surface area (Å²) in [7, 11) is -7.18. The first-order valence-corrected chi connectivity index (χ1v) is 16.2. The van der Waals surface area contributed by atoms with E-state index in [1.54, 1.807) is 0 Å². The highest BCUT2D eigenvalue weighted by Crippen LogP contribution is 2.65. The Kier molecular flexibility index (Phi) is 9.49. The highest BCUT2D eigenvalue weighted by Gasteiger charge is 2.52. The fourth-order valence-corrected chi connectivity index (χ4v) is 9.21. The van der Waals surface area contributed by atoms with Crippen LogP contribution in [-0.2, 0) is 0 Å². The molecule has 0 saturated carbocycles. The molecule has 8 nitrogen and oxygen atoms in total. The molecule has 0 unspecified atom stereocenters. The number of tetrazole rings is 1. The van der Waals surface area contributed by atoms with Crippen molar-refractivity contribution < 1.29 is 28.9 Å². The van der Waals surface area contributed by atoms with E-state index >= 15 is 0 Å². The number of rotatable bonds is 7. The lowest BCUT2D eigenvalue weighted by Crippen LogP contribution is -2.58. The van der Waals surface area contributed by atoms with Crippen LogP contribution in [0.2, 0.25) is 0 Å². The van der Waals surface area contributed by atoms with Gasteiger partial charge in [0.25, 0.3) is 0 Å². The maximum Gasteiger partial charge on any atom is 0.203 e. The fourth-order valence-electron chi connectivity index (χ4n) is 4.91. The van der Waals surface area contributed by atoms with Gasteiger partial charge in [-0.15, -0.1) is 5.10 Å². The van der Waals surface area contributed by atoms with Crippen molar-refractivity contribution in [3.05, 3.63) is 157 Å². The molecule has 0 saturated heterocycles. The van der Waals surface area contributed by atoms with Crippen LogP contribution in [0, 0.1) is 10.2 Å². The first-order valence-electron chi connectivity index (χ1n) is 13.2. The van der Waals surface area contributed by atoms with Crippen molar-refractivity contribution >= 4 is 34.7 Å². The molecule has 0 amide bonds. The van der Waals surface area contributed by atoms with Crippen molar-refractivity contribution in [2.24, 2.45) is 0 Å². The number of hydrogen-bond acceptors (Lipinski definition) is 7. The van der Waals surface area contributed by atoms with Crippen LogP contribution < -0.4 is 29.9 Å². The highest BCUT2D eigenvalue weighted by atomic mass is 35.7. The molecule has 6 aromatic rings. The number of hydrogen-bond donors (Lipinski definition) is 1. The van der Waals surface area contributed by atoms with E-state index < -0.39 is 17.5 Å². The molecule has 0 aliphatic rings. The predicted molar refractivity (Wildman–Crippen MR) is 161 cm³/mol. The van der Waals surface area contributed by atoms with Gasteiger partial charge in [-0.05, 0) is 52.4 Å². The molecule has 0 aliphatic carbocycles. The first kappa shape index (κ1) is 29.9. The van der Waals surface area contributed by atoms with Crippen molar-refractivity contribution in [3.63, 3.8) is 0 Å². The second kappa shape index (κ2) is 13.6. The molecule has 10 heteroatoms. The Morgan fingerprint density at radius 1 is 0.605 bits per heavy atom. The molecule has 1 aromatic heterocycles. The smallest absolute Gasteiger partial charge is 0.183 e. The average molecular weight is 610 g/mol. The quantitative estimate of drug-likeness (QED) is 0.274. The Labute approximate surface area is 251 Å². The predicted octanol–water partition coefficient (Wildman–Crippen LogP) is 2.17. The van der Waals surface area contributed by atoms with Gasteiger partial charge in [-0.25, -0.2) is 0 Å². The third kappa shape index (κ3) is 7.10. The molecule has 0 radical (unpaired) electrons. The summed E-state index contributed by atoms with van der Waals surface area (Å²) >= 11 is 0. The van der Waals surface area contributed by atoms with Gasteiger partial charge in [0.05, 0.1) is 14.9 Å². The van der Waals surface area contributed by atoms with Crippen LogP contribution in [0.3, 0.4) is 0 Å². The van der Waals surface area contributed by atoms with E-state index in [9.17, 15) is 0 Å². The van der Waals surface area contributed by atoms with Crippen LogP contribution in [-0.4, -0.2) is 24.9 Å². The summed E-state index contributed by atoms with van der Waals surface area (Å²) in [5.41, 5.74) is 3.09. The third-order valence-corrected chi connectivity index (χ3v) is 10.8. The minimum atomic E-state index is -4.69. The summed E-state index contributed by atoms with van der Waals surface area (Å²) < 4.78 is 34.7. The zero-order chi connectivity index (χ0) is 30.1. The summed E-state index contributed by atoms with van der Waals surface area (Å²) in [6.07, 6.45) is 2.25. The largest absolute Gasteiger partial charge is 0.203 e. The zero-order valence-corrected chi connectivity index (χ0v) is 24.4. The standard InChI is InChI=1S/C33H26N4P.ClHO4/c1-6-16-27(17-7-1)26-32(37-33(34-35-36-37)28-18-8-2-9-19-28)38(29-20-10-3-11-21-29,30-22-12-4-13-23-30)31-24-14-5-15-25-31;2-1(3,4)5/h1-26H;(H,2,3,4,5)/q+1;/b32-26+;. The Balaban J connectivity index is 0.000000682. The van der Waals surface area contributed by atoms with Crippen LogP contribution in [0.1, 0.15) is 5.56 Å². The van der Waals surface area contributed by atoms with E-state index in [4.69, 9.17) is 18.6 Å². The van der Waals surface area contributed by atoms with Crippen molar-refractivity contribution in [2.45, 2.75) is 0 Å². The highest BCUT2D eigenvalue weighted by molar-refractivity contribution is 8.03. The third-order valence-electron chi connectivity index (χ3n) is 6.59. The number of benzene rings is 5. The molecular weight excluding hydrogens is 583 g/mol. The summed E-state index contributed by atoms with van der Waals surface area (Å²) in [6, 6.07) is 52.9. The van der Waals surface area contributed by atoms with Gasteiger partial charge in [0, 0.05) is 11.6 Å². The van der Waals surface area contributed by atoms with Crippen LogP contribution in [0.25, 0.3) is 22.9 Å². The first-order chi connectivity index (χ1) is 20.9. The molecule has 5 aromatic carbocycles. The van der Waals surface area contributed by atoms with Crippen LogP contribution in [0.15, 0.2) is 152 Å². The number of halogens is 1. The SMILES string of the molecule is C(=C(/n1nnnc1-c1ccccc1)[P+](c1ccccc1)(c1ccccc1)c1ccccc1)/c1ccccc1.[O-][Cl+3]([O-])([O-])O. The molecule has 0 bridgehead atoms. The Hall–Kier alpha value is -4.53. The van der Waals surface area contributed by atoms with Crippen LogP contribution in [0.4, 0.5) is 0 Å². The van der Waals surface area contributed by atoms with Gasteiger partial charge in [0.1, 0.15) is 15.9 Å². The molecule has 1 heterocycles. The van der Waals surface area contributed by atoms with Gasteiger partial charge in [0.2, 0.25) is 5.44 Å². The van der Waals surface area contributed by atoms with Crippen LogP contribution in [0.5, 0.6) is 0 Å². The molecule has 0 spiro atoms. The molecule has 0 aliphatic heterocycles. The Morgan fingerprint density at radius 3 is 1.40 bits per heavy atom. The monoisotopic (exact) mass is 609 g/mol. The van der Waals surface area contributed by atoms with E-state index in [1.807, 2.05) is 28.9 Å². The normalized spacial score (nSPS) is 11.9. The van der Waals surface area contributed by atoms with Gasteiger partial charge < -0.3 is 0 Å². The van der Waals surface area contributed by atoms with Gasteiger partial charge >= 0.3 is 0 Å². The maximum atomic E-state index is 8.60. The van der Waals surface area contributed by atoms with Crippen LogP contribution >= 0.6 is 7.26 Å². The minimum absolute atomic E-state index is 0.708. The molecule has 1 N–H and O–H groups in total. The summed E-state index contributed by atoms with van der Waals surface area (Å²) in [5.74, 6) is 0.708. The molecule has 0 fully saturated rings. The van der Waals surface area contributed by atoms with E-state index in [2.05, 4.69) is 149 Å². The van der Waals surface area contributed by atoms with E-state index in [-0.39, 0.29) is 0 Å². The number of aromatic nitrogens is 4.